The molecule has 5 nitrogen and oxygen atoms in total. The van der Waals surface area contributed by atoms with Gasteiger partial charge in [-0.2, -0.15) is 0 Å². The van der Waals surface area contributed by atoms with E-state index in [1.165, 1.54) is 6.08 Å². The molecular weight excluding hydrogens is 268 g/mol. The van der Waals surface area contributed by atoms with E-state index in [-0.39, 0.29) is 6.42 Å². The third-order valence-electron chi connectivity index (χ3n) is 3.24. The maximum Gasteiger partial charge on any atom is 0.326 e. The number of carbonyl (C=O) groups excluding carboxylic acids is 1. The van der Waals surface area contributed by atoms with Crippen LogP contribution in [-0.4, -0.2) is 23.1 Å². The number of benzene rings is 1. The van der Waals surface area contributed by atoms with Crippen molar-refractivity contribution < 1.29 is 14.7 Å². The number of carboxylic acid groups (broad SMARTS) is 1. The highest BCUT2D eigenvalue weighted by Gasteiger charge is 2.19. The molecule has 21 heavy (non-hydrogen) atoms. The lowest BCUT2D eigenvalue weighted by Crippen LogP contribution is -2.42. The van der Waals surface area contributed by atoms with Crippen molar-refractivity contribution in [2.45, 2.75) is 39.2 Å². The first-order valence-electron chi connectivity index (χ1n) is 7.05. The highest BCUT2D eigenvalue weighted by atomic mass is 16.4. The average Bonchev–Trinajstić information content (AvgIpc) is 2.46. The number of urea groups is 1. The van der Waals surface area contributed by atoms with Crippen LogP contribution in [0.4, 0.5) is 10.5 Å². The Kier molecular flexibility index (Phi) is 6.46. The molecule has 0 radical (unpaired) electrons. The summed E-state index contributed by atoms with van der Waals surface area (Å²) < 4.78 is 0. The van der Waals surface area contributed by atoms with Gasteiger partial charge in [-0.3, -0.25) is 0 Å². The Morgan fingerprint density at radius 2 is 1.86 bits per heavy atom. The largest absolute Gasteiger partial charge is 0.480 e. The maximum atomic E-state index is 12.0. The molecule has 1 aromatic carbocycles. The molecule has 0 saturated heterocycles. The Morgan fingerprint density at radius 3 is 2.29 bits per heavy atom. The monoisotopic (exact) mass is 290 g/mol. The van der Waals surface area contributed by atoms with E-state index < -0.39 is 18.0 Å². The molecule has 1 atom stereocenters. The van der Waals surface area contributed by atoms with Crippen molar-refractivity contribution >= 4 is 17.7 Å². The van der Waals surface area contributed by atoms with Crippen molar-refractivity contribution in [3.05, 3.63) is 42.0 Å². The quantitative estimate of drug-likeness (QED) is 0.675. The highest BCUT2D eigenvalue weighted by Crippen LogP contribution is 2.22. The Hall–Kier alpha value is -2.30. The van der Waals surface area contributed by atoms with E-state index in [0.717, 1.165) is 29.7 Å². The molecular formula is C16H22N2O3. The zero-order chi connectivity index (χ0) is 15.8. The summed E-state index contributed by atoms with van der Waals surface area (Å²) in [6, 6.07) is 4.38. The van der Waals surface area contributed by atoms with E-state index >= 15 is 0 Å². The van der Waals surface area contributed by atoms with Gasteiger partial charge in [0.25, 0.3) is 0 Å². The number of nitrogens with one attached hydrogen (secondary N) is 2. The number of rotatable bonds is 7. The van der Waals surface area contributed by atoms with Crippen LogP contribution in [0.15, 0.2) is 30.9 Å². The van der Waals surface area contributed by atoms with Gasteiger partial charge >= 0.3 is 12.0 Å². The fourth-order valence-electron chi connectivity index (χ4n) is 2.10. The summed E-state index contributed by atoms with van der Waals surface area (Å²) in [6.45, 7) is 7.51. The molecule has 5 heteroatoms. The van der Waals surface area contributed by atoms with Crippen molar-refractivity contribution in [1.82, 2.24) is 5.32 Å². The smallest absolute Gasteiger partial charge is 0.326 e. The van der Waals surface area contributed by atoms with Gasteiger partial charge in [-0.15, -0.1) is 6.58 Å². The normalized spacial score (nSPS) is 11.5. The molecule has 0 aliphatic rings. The minimum Gasteiger partial charge on any atom is -0.480 e. The maximum absolute atomic E-state index is 12.0. The molecule has 0 saturated carbocycles. The molecule has 0 bridgehead atoms. The van der Waals surface area contributed by atoms with Crippen LogP contribution >= 0.6 is 0 Å². The van der Waals surface area contributed by atoms with Crippen LogP contribution in [0.25, 0.3) is 0 Å². The van der Waals surface area contributed by atoms with Crippen molar-refractivity contribution in [3.63, 3.8) is 0 Å². The molecule has 2 amide bonds. The Morgan fingerprint density at radius 1 is 1.29 bits per heavy atom. The minimum atomic E-state index is -1.08. The van der Waals surface area contributed by atoms with Crippen molar-refractivity contribution in [1.29, 1.82) is 0 Å². The number of aliphatic carboxylic acids is 1. The van der Waals surface area contributed by atoms with Crippen molar-refractivity contribution in [3.8, 4) is 0 Å². The molecule has 1 rings (SSSR count). The van der Waals surface area contributed by atoms with Crippen molar-refractivity contribution in [2.24, 2.45) is 0 Å². The summed E-state index contributed by atoms with van der Waals surface area (Å²) in [5.74, 6) is -1.08. The lowest BCUT2D eigenvalue weighted by atomic mass is 10.0. The second-order valence-electron chi connectivity index (χ2n) is 4.67. The molecule has 0 aromatic heterocycles. The molecule has 0 fully saturated rings. The SMILES string of the molecule is C=CCC(NC(=O)Nc1c(CC)cccc1CC)C(=O)O. The van der Waals surface area contributed by atoms with Crippen LogP contribution in [0, 0.1) is 0 Å². The zero-order valence-corrected chi connectivity index (χ0v) is 12.5. The average molecular weight is 290 g/mol. The highest BCUT2D eigenvalue weighted by molar-refractivity contribution is 5.93. The molecule has 1 aromatic rings. The third-order valence-corrected chi connectivity index (χ3v) is 3.24. The second-order valence-corrected chi connectivity index (χ2v) is 4.67. The van der Waals surface area contributed by atoms with E-state index in [9.17, 15) is 9.59 Å². The van der Waals surface area contributed by atoms with Crippen LogP contribution < -0.4 is 10.6 Å². The number of hydrogen-bond donors (Lipinski definition) is 3. The van der Waals surface area contributed by atoms with E-state index in [4.69, 9.17) is 5.11 Å². The number of carboxylic acids is 1. The zero-order valence-electron chi connectivity index (χ0n) is 12.5. The molecule has 114 valence electrons. The predicted octanol–water partition coefficient (Wildman–Crippen LogP) is 2.96. The number of aryl methyl sites for hydroxylation is 2. The van der Waals surface area contributed by atoms with E-state index in [0.29, 0.717) is 0 Å². The molecule has 0 spiro atoms. The van der Waals surface area contributed by atoms with Gasteiger partial charge in [0.1, 0.15) is 6.04 Å². The first-order chi connectivity index (χ1) is 10.0. The molecule has 1 unspecified atom stereocenters. The van der Waals surface area contributed by atoms with E-state index in [1.54, 1.807) is 0 Å². The van der Waals surface area contributed by atoms with Gasteiger partial charge in [0, 0.05) is 5.69 Å². The number of amides is 2. The van der Waals surface area contributed by atoms with Gasteiger partial charge in [-0.25, -0.2) is 9.59 Å². The van der Waals surface area contributed by atoms with Gasteiger partial charge in [0.15, 0.2) is 0 Å². The molecule has 0 aliphatic carbocycles. The lowest BCUT2D eigenvalue weighted by Gasteiger charge is -2.17. The van der Waals surface area contributed by atoms with Crippen LogP contribution in [0.2, 0.25) is 0 Å². The van der Waals surface area contributed by atoms with Crippen LogP contribution in [-0.2, 0) is 17.6 Å². The Balaban J connectivity index is 2.87. The van der Waals surface area contributed by atoms with Gasteiger partial charge < -0.3 is 15.7 Å². The summed E-state index contributed by atoms with van der Waals surface area (Å²) in [4.78, 5) is 23.1. The molecule has 3 N–H and O–H groups in total. The van der Waals surface area contributed by atoms with Crippen LogP contribution in [0.3, 0.4) is 0 Å². The number of anilines is 1. The Labute approximate surface area is 125 Å². The summed E-state index contributed by atoms with van der Waals surface area (Å²) in [5.41, 5.74) is 2.82. The van der Waals surface area contributed by atoms with Crippen LogP contribution in [0.1, 0.15) is 31.4 Å². The minimum absolute atomic E-state index is 0.179. The van der Waals surface area contributed by atoms with Gasteiger partial charge in [-0.05, 0) is 30.4 Å². The number of hydrogen-bond acceptors (Lipinski definition) is 2. The van der Waals surface area contributed by atoms with Gasteiger partial charge in [0.05, 0.1) is 0 Å². The van der Waals surface area contributed by atoms with Crippen LogP contribution in [0.5, 0.6) is 0 Å². The second kappa shape index (κ2) is 8.09. The van der Waals surface area contributed by atoms with E-state index in [2.05, 4.69) is 17.2 Å². The van der Waals surface area contributed by atoms with Crippen molar-refractivity contribution in [2.75, 3.05) is 5.32 Å². The lowest BCUT2D eigenvalue weighted by molar-refractivity contribution is -0.139. The van der Waals surface area contributed by atoms with Gasteiger partial charge in [0.2, 0.25) is 0 Å². The predicted molar refractivity (Wildman–Crippen MR) is 83.6 cm³/mol. The Bertz CT molecular complexity index is 504. The summed E-state index contributed by atoms with van der Waals surface area (Å²) in [6.07, 6.45) is 3.23. The number of para-hydroxylation sites is 1. The van der Waals surface area contributed by atoms with E-state index in [1.807, 2.05) is 32.0 Å². The first-order valence-corrected chi connectivity index (χ1v) is 7.05. The topological polar surface area (TPSA) is 78.4 Å². The standard InChI is InChI=1S/C16H22N2O3/c1-4-8-13(15(19)20)17-16(21)18-14-11(5-2)9-7-10-12(14)6-3/h4,7,9-10,13H,1,5-6,8H2,2-3H3,(H,19,20)(H2,17,18,21). The number of carbonyl (C=O) groups is 2. The summed E-state index contributed by atoms with van der Waals surface area (Å²) in [5, 5.41) is 14.3. The third kappa shape index (κ3) is 4.63. The first kappa shape index (κ1) is 16.8. The molecule has 0 heterocycles. The van der Waals surface area contributed by atoms with Gasteiger partial charge in [-0.1, -0.05) is 38.1 Å². The summed E-state index contributed by atoms with van der Waals surface area (Å²) in [7, 11) is 0. The summed E-state index contributed by atoms with van der Waals surface area (Å²) >= 11 is 0. The fourth-order valence-corrected chi connectivity index (χ4v) is 2.10. The fraction of sp³-hybridized carbons (Fsp3) is 0.375. The molecule has 0 aliphatic heterocycles.